The van der Waals surface area contributed by atoms with Crippen LogP contribution >= 0.6 is 23.2 Å². The molecule has 3 rings (SSSR count). The van der Waals surface area contributed by atoms with Crippen molar-refractivity contribution in [3.05, 3.63) is 87.2 Å². The van der Waals surface area contributed by atoms with E-state index in [4.69, 9.17) is 23.2 Å². The Labute approximate surface area is 157 Å². The van der Waals surface area contributed by atoms with Gasteiger partial charge in [0.15, 0.2) is 0 Å². The van der Waals surface area contributed by atoms with Gasteiger partial charge in [0.1, 0.15) is 0 Å². The molecule has 0 unspecified atom stereocenters. The lowest BCUT2D eigenvalue weighted by molar-refractivity contribution is 0.748. The van der Waals surface area contributed by atoms with Crippen LogP contribution < -0.4 is 5.43 Å². The average Bonchev–Trinajstić information content (AvgIpc) is 2.88. The summed E-state index contributed by atoms with van der Waals surface area (Å²) >= 11 is 12.3. The molecule has 0 bridgehead atoms. The number of nitrogens with one attached hydrogen (secondary N) is 1. The summed E-state index contributed by atoms with van der Waals surface area (Å²) in [6.45, 7) is 4.66. The number of aromatic nitrogens is 1. The Morgan fingerprint density at radius 2 is 1.68 bits per heavy atom. The molecule has 1 aromatic heterocycles. The normalized spacial score (nSPS) is 11.2. The standard InChI is InChI=1S/C20H19Cl2N3/c1-14-11-16(15(2)25(14)17-7-4-3-5-8-17)12-23-24-13-18-19(21)9-6-10-20(18)22/h3-12,24H,13H2,1-2H3/b23-12+. The summed E-state index contributed by atoms with van der Waals surface area (Å²) in [5, 5.41) is 5.60. The highest BCUT2D eigenvalue weighted by Crippen LogP contribution is 2.24. The van der Waals surface area contributed by atoms with E-state index in [0.29, 0.717) is 16.6 Å². The first kappa shape index (κ1) is 17.6. The van der Waals surface area contributed by atoms with Crippen molar-refractivity contribution in [2.24, 2.45) is 5.10 Å². The Morgan fingerprint density at radius 1 is 1.00 bits per heavy atom. The van der Waals surface area contributed by atoms with Gasteiger partial charge < -0.3 is 9.99 Å². The number of halogens is 2. The van der Waals surface area contributed by atoms with Gasteiger partial charge in [-0.3, -0.25) is 0 Å². The van der Waals surface area contributed by atoms with Crippen LogP contribution in [-0.2, 0) is 6.54 Å². The number of hydrazone groups is 1. The molecule has 0 fully saturated rings. The second-order valence-electron chi connectivity index (χ2n) is 5.79. The topological polar surface area (TPSA) is 29.3 Å². The molecule has 0 saturated heterocycles. The Morgan fingerprint density at radius 3 is 2.36 bits per heavy atom. The van der Waals surface area contributed by atoms with Gasteiger partial charge in [-0.1, -0.05) is 47.5 Å². The van der Waals surface area contributed by atoms with Crippen molar-refractivity contribution >= 4 is 29.4 Å². The van der Waals surface area contributed by atoms with E-state index >= 15 is 0 Å². The van der Waals surface area contributed by atoms with Crippen LogP contribution in [0.3, 0.4) is 0 Å². The second kappa shape index (κ2) is 7.77. The first-order valence-electron chi connectivity index (χ1n) is 8.01. The zero-order chi connectivity index (χ0) is 17.8. The van der Waals surface area contributed by atoms with Gasteiger partial charge in [-0.25, -0.2) is 0 Å². The molecule has 25 heavy (non-hydrogen) atoms. The lowest BCUT2D eigenvalue weighted by atomic mass is 10.2. The highest BCUT2D eigenvalue weighted by Gasteiger charge is 2.09. The number of benzene rings is 2. The predicted molar refractivity (Wildman–Crippen MR) is 106 cm³/mol. The summed E-state index contributed by atoms with van der Waals surface area (Å²) in [7, 11) is 0. The van der Waals surface area contributed by atoms with Gasteiger partial charge >= 0.3 is 0 Å². The maximum Gasteiger partial charge on any atom is 0.0609 e. The molecule has 128 valence electrons. The predicted octanol–water partition coefficient (Wildman–Crippen LogP) is 5.52. The molecular weight excluding hydrogens is 353 g/mol. The third kappa shape index (κ3) is 3.89. The molecule has 0 amide bonds. The van der Waals surface area contributed by atoms with Gasteiger partial charge in [-0.2, -0.15) is 5.10 Å². The smallest absolute Gasteiger partial charge is 0.0609 e. The summed E-state index contributed by atoms with van der Waals surface area (Å²) in [4.78, 5) is 0. The van der Waals surface area contributed by atoms with Crippen LogP contribution in [0.1, 0.15) is 22.5 Å². The fraction of sp³-hybridized carbons (Fsp3) is 0.150. The quantitative estimate of drug-likeness (QED) is 0.463. The van der Waals surface area contributed by atoms with Crippen LogP contribution in [0.4, 0.5) is 0 Å². The minimum absolute atomic E-state index is 0.479. The summed E-state index contributed by atoms with van der Waals surface area (Å²) in [5.41, 5.74) is 8.39. The molecule has 0 atom stereocenters. The molecule has 5 heteroatoms. The molecule has 1 heterocycles. The van der Waals surface area contributed by atoms with E-state index in [-0.39, 0.29) is 0 Å². The number of hydrogen-bond donors (Lipinski definition) is 1. The monoisotopic (exact) mass is 371 g/mol. The molecule has 0 saturated carbocycles. The molecule has 0 aliphatic rings. The van der Waals surface area contributed by atoms with Crippen LogP contribution in [0.5, 0.6) is 0 Å². The number of para-hydroxylation sites is 1. The zero-order valence-corrected chi connectivity index (χ0v) is 15.6. The average molecular weight is 372 g/mol. The lowest BCUT2D eigenvalue weighted by Crippen LogP contribution is -2.07. The summed E-state index contributed by atoms with van der Waals surface area (Å²) < 4.78 is 2.21. The van der Waals surface area contributed by atoms with E-state index in [2.05, 4.69) is 47.1 Å². The fourth-order valence-corrected chi connectivity index (χ4v) is 3.36. The van der Waals surface area contributed by atoms with E-state index in [9.17, 15) is 0 Å². The summed E-state index contributed by atoms with van der Waals surface area (Å²) in [5.74, 6) is 0. The van der Waals surface area contributed by atoms with Crippen molar-refractivity contribution < 1.29 is 0 Å². The molecule has 1 N–H and O–H groups in total. The van der Waals surface area contributed by atoms with Crippen molar-refractivity contribution in [2.45, 2.75) is 20.4 Å². The number of aryl methyl sites for hydroxylation is 1. The zero-order valence-electron chi connectivity index (χ0n) is 14.1. The largest absolute Gasteiger partial charge is 0.318 e. The van der Waals surface area contributed by atoms with Crippen molar-refractivity contribution in [1.29, 1.82) is 0 Å². The van der Waals surface area contributed by atoms with Gasteiger partial charge in [-0.15, -0.1) is 0 Å². The molecule has 3 nitrogen and oxygen atoms in total. The number of nitrogens with zero attached hydrogens (tertiary/aromatic N) is 2. The SMILES string of the molecule is Cc1cc(/C=N/NCc2c(Cl)cccc2Cl)c(C)n1-c1ccccc1. The lowest BCUT2D eigenvalue weighted by Gasteiger charge is -2.09. The molecule has 0 radical (unpaired) electrons. The van der Waals surface area contributed by atoms with E-state index in [0.717, 1.165) is 22.5 Å². The van der Waals surface area contributed by atoms with Crippen LogP contribution in [-0.4, -0.2) is 10.8 Å². The van der Waals surface area contributed by atoms with Gasteiger partial charge in [-0.05, 0) is 44.2 Å². The van der Waals surface area contributed by atoms with E-state index in [1.807, 2.05) is 42.6 Å². The minimum atomic E-state index is 0.479. The highest BCUT2D eigenvalue weighted by atomic mass is 35.5. The fourth-order valence-electron chi connectivity index (χ4n) is 2.83. The molecular formula is C20H19Cl2N3. The molecule has 0 spiro atoms. The summed E-state index contributed by atoms with van der Waals surface area (Å²) in [6, 6.07) is 17.9. The summed E-state index contributed by atoms with van der Waals surface area (Å²) in [6.07, 6.45) is 1.83. The third-order valence-electron chi connectivity index (χ3n) is 4.10. The molecule has 0 aliphatic carbocycles. The molecule has 0 aliphatic heterocycles. The number of rotatable bonds is 5. The van der Waals surface area contributed by atoms with Crippen molar-refractivity contribution in [1.82, 2.24) is 9.99 Å². The Hall–Kier alpha value is -2.23. The van der Waals surface area contributed by atoms with Crippen LogP contribution in [0.15, 0.2) is 59.7 Å². The Kier molecular flexibility index (Phi) is 5.47. The highest BCUT2D eigenvalue weighted by molar-refractivity contribution is 6.35. The first-order chi connectivity index (χ1) is 12.1. The van der Waals surface area contributed by atoms with E-state index < -0.39 is 0 Å². The van der Waals surface area contributed by atoms with E-state index in [1.54, 1.807) is 0 Å². The molecule has 2 aromatic carbocycles. The van der Waals surface area contributed by atoms with Crippen LogP contribution in [0, 0.1) is 13.8 Å². The van der Waals surface area contributed by atoms with Crippen molar-refractivity contribution in [3.63, 3.8) is 0 Å². The van der Waals surface area contributed by atoms with Gasteiger partial charge in [0.2, 0.25) is 0 Å². The van der Waals surface area contributed by atoms with E-state index in [1.165, 1.54) is 5.69 Å². The second-order valence-corrected chi connectivity index (χ2v) is 6.61. The first-order valence-corrected chi connectivity index (χ1v) is 8.76. The van der Waals surface area contributed by atoms with Gasteiger partial charge in [0.25, 0.3) is 0 Å². The number of hydrogen-bond acceptors (Lipinski definition) is 2. The van der Waals surface area contributed by atoms with Gasteiger partial charge in [0, 0.05) is 38.2 Å². The van der Waals surface area contributed by atoms with Crippen molar-refractivity contribution in [3.8, 4) is 5.69 Å². The minimum Gasteiger partial charge on any atom is -0.318 e. The Bertz CT molecular complexity index is 879. The van der Waals surface area contributed by atoms with Crippen molar-refractivity contribution in [2.75, 3.05) is 0 Å². The maximum atomic E-state index is 6.16. The van der Waals surface area contributed by atoms with Crippen LogP contribution in [0.2, 0.25) is 10.0 Å². The third-order valence-corrected chi connectivity index (χ3v) is 4.81. The van der Waals surface area contributed by atoms with Gasteiger partial charge in [0.05, 0.1) is 12.8 Å². The molecule has 3 aromatic rings. The Balaban J connectivity index is 1.75. The maximum absolute atomic E-state index is 6.16. The van der Waals surface area contributed by atoms with Crippen LogP contribution in [0.25, 0.3) is 5.69 Å².